The number of anilines is 1. The number of benzene rings is 1. The largest absolute Gasteiger partial charge is 0.494 e. The summed E-state index contributed by atoms with van der Waals surface area (Å²) < 4.78 is 5.63. The Hall–Kier alpha value is -2.38. The molecule has 2 aromatic heterocycles. The highest BCUT2D eigenvalue weighted by Crippen LogP contribution is 2.29. The Morgan fingerprint density at radius 3 is 2.85 bits per heavy atom. The minimum Gasteiger partial charge on any atom is -0.494 e. The molecule has 7 nitrogen and oxygen atoms in total. The van der Waals surface area contributed by atoms with Crippen molar-refractivity contribution in [2.45, 2.75) is 13.3 Å². The molecule has 4 rings (SSSR count). The van der Waals surface area contributed by atoms with E-state index in [0.717, 1.165) is 46.5 Å². The first-order chi connectivity index (χ1) is 13.2. The first-order valence-corrected chi connectivity index (χ1v) is 10.0. The molecule has 1 fully saturated rings. The SMILES string of the molecule is CCOc1ccc2[nH]c3c(NCCC[NH+]4CC[NH+](C)CC4)ncnc3c2c1. The summed E-state index contributed by atoms with van der Waals surface area (Å²) in [6.45, 7) is 9.95. The van der Waals surface area contributed by atoms with Crippen LogP contribution in [0, 0.1) is 0 Å². The van der Waals surface area contributed by atoms with Gasteiger partial charge in [0.15, 0.2) is 5.82 Å². The Morgan fingerprint density at radius 1 is 1.19 bits per heavy atom. The van der Waals surface area contributed by atoms with Crippen LogP contribution in [-0.2, 0) is 0 Å². The molecule has 0 aliphatic carbocycles. The van der Waals surface area contributed by atoms with Crippen LogP contribution in [0.4, 0.5) is 5.82 Å². The molecule has 0 unspecified atom stereocenters. The Kier molecular flexibility index (Phi) is 5.40. The molecule has 144 valence electrons. The van der Waals surface area contributed by atoms with Crippen LogP contribution in [0.15, 0.2) is 24.5 Å². The summed E-state index contributed by atoms with van der Waals surface area (Å²) >= 11 is 0. The fraction of sp³-hybridized carbons (Fsp3) is 0.500. The summed E-state index contributed by atoms with van der Waals surface area (Å²) in [5, 5.41) is 4.58. The minimum atomic E-state index is 0.659. The average molecular weight is 371 g/mol. The molecule has 0 spiro atoms. The van der Waals surface area contributed by atoms with Crippen molar-refractivity contribution in [1.82, 2.24) is 15.0 Å². The highest BCUT2D eigenvalue weighted by molar-refractivity contribution is 6.08. The van der Waals surface area contributed by atoms with Crippen LogP contribution in [0.3, 0.4) is 0 Å². The lowest BCUT2D eigenvalue weighted by Crippen LogP contribution is -3.27. The van der Waals surface area contributed by atoms with Crippen LogP contribution in [0.2, 0.25) is 0 Å². The number of ether oxygens (including phenoxy) is 1. The number of nitrogens with zero attached hydrogens (tertiary/aromatic N) is 2. The third-order valence-corrected chi connectivity index (χ3v) is 5.47. The van der Waals surface area contributed by atoms with E-state index in [1.54, 1.807) is 16.1 Å². The first-order valence-electron chi connectivity index (χ1n) is 10.0. The van der Waals surface area contributed by atoms with Gasteiger partial charge in [0.1, 0.15) is 49.3 Å². The van der Waals surface area contributed by atoms with Crippen LogP contribution >= 0.6 is 0 Å². The molecular weight excluding hydrogens is 340 g/mol. The topological polar surface area (TPSA) is 71.7 Å². The molecule has 1 aliphatic heterocycles. The molecule has 0 atom stereocenters. The van der Waals surface area contributed by atoms with Gasteiger partial charge in [0, 0.05) is 23.9 Å². The first kappa shape index (κ1) is 18.0. The van der Waals surface area contributed by atoms with Gasteiger partial charge < -0.3 is 24.8 Å². The van der Waals surface area contributed by atoms with Crippen molar-refractivity contribution >= 4 is 27.8 Å². The summed E-state index contributed by atoms with van der Waals surface area (Å²) in [5.41, 5.74) is 2.97. The zero-order valence-electron chi connectivity index (χ0n) is 16.3. The van der Waals surface area contributed by atoms with Gasteiger partial charge in [-0.05, 0) is 25.1 Å². The number of fused-ring (bicyclic) bond motifs is 3. The Bertz CT molecular complexity index is 900. The van der Waals surface area contributed by atoms with Crippen molar-refractivity contribution < 1.29 is 14.5 Å². The van der Waals surface area contributed by atoms with E-state index in [1.807, 2.05) is 25.1 Å². The van der Waals surface area contributed by atoms with Crippen molar-refractivity contribution in [1.29, 1.82) is 0 Å². The standard InChI is InChI=1S/C20H28N6O/c1-3-27-15-5-6-17-16(13-15)18-19(24-17)20(23-14-22-18)21-7-4-8-26-11-9-25(2)10-12-26/h5-6,13-14,24H,3-4,7-12H2,1-2H3,(H,21,22,23)/p+2. The maximum absolute atomic E-state index is 5.63. The molecule has 4 N–H and O–H groups in total. The fourth-order valence-corrected chi connectivity index (χ4v) is 3.89. The number of hydrogen-bond acceptors (Lipinski definition) is 4. The van der Waals surface area contributed by atoms with Crippen molar-refractivity contribution in [3.63, 3.8) is 0 Å². The molecule has 0 radical (unpaired) electrons. The van der Waals surface area contributed by atoms with Gasteiger partial charge in [0.05, 0.1) is 20.2 Å². The van der Waals surface area contributed by atoms with Gasteiger partial charge in [-0.1, -0.05) is 0 Å². The van der Waals surface area contributed by atoms with E-state index in [0.29, 0.717) is 6.61 Å². The van der Waals surface area contributed by atoms with Crippen LogP contribution < -0.4 is 19.9 Å². The van der Waals surface area contributed by atoms with E-state index in [1.165, 1.54) is 32.7 Å². The average Bonchev–Trinajstić information content (AvgIpc) is 3.06. The smallest absolute Gasteiger partial charge is 0.153 e. The predicted octanol–water partition coefficient (Wildman–Crippen LogP) is -0.275. The molecule has 0 bridgehead atoms. The maximum atomic E-state index is 5.63. The van der Waals surface area contributed by atoms with E-state index in [2.05, 4.69) is 27.3 Å². The Labute approximate surface area is 159 Å². The number of hydrogen-bond donors (Lipinski definition) is 4. The summed E-state index contributed by atoms with van der Waals surface area (Å²) in [7, 11) is 2.29. The molecular formula is C20H30N6O+2. The maximum Gasteiger partial charge on any atom is 0.153 e. The molecule has 7 heteroatoms. The summed E-state index contributed by atoms with van der Waals surface area (Å²) in [5.74, 6) is 1.75. The number of quaternary nitrogens is 2. The third kappa shape index (κ3) is 3.99. The zero-order valence-corrected chi connectivity index (χ0v) is 16.3. The number of aromatic nitrogens is 3. The predicted molar refractivity (Wildman–Crippen MR) is 108 cm³/mol. The number of aromatic amines is 1. The van der Waals surface area contributed by atoms with Crippen LogP contribution in [-0.4, -0.2) is 67.9 Å². The van der Waals surface area contributed by atoms with Gasteiger partial charge in [-0.15, -0.1) is 0 Å². The normalized spacial score (nSPS) is 20.2. The second-order valence-electron chi connectivity index (χ2n) is 7.45. The van der Waals surface area contributed by atoms with E-state index in [9.17, 15) is 0 Å². The molecule has 1 aliphatic rings. The van der Waals surface area contributed by atoms with Gasteiger partial charge in [0.25, 0.3) is 0 Å². The highest BCUT2D eigenvalue weighted by atomic mass is 16.5. The molecule has 0 saturated carbocycles. The van der Waals surface area contributed by atoms with Crippen LogP contribution in [0.25, 0.3) is 21.9 Å². The number of H-pyrrole nitrogens is 1. The zero-order chi connectivity index (χ0) is 18.6. The molecule has 3 aromatic rings. The number of likely N-dealkylation sites (N-methyl/N-ethyl adjacent to an activating group) is 1. The van der Waals surface area contributed by atoms with Gasteiger partial charge in [-0.3, -0.25) is 0 Å². The summed E-state index contributed by atoms with van der Waals surface area (Å²) in [6, 6.07) is 6.08. The monoisotopic (exact) mass is 370 g/mol. The van der Waals surface area contributed by atoms with Gasteiger partial charge in [-0.25, -0.2) is 9.97 Å². The minimum absolute atomic E-state index is 0.659. The number of piperazine rings is 1. The van der Waals surface area contributed by atoms with E-state index in [-0.39, 0.29) is 0 Å². The van der Waals surface area contributed by atoms with Crippen molar-refractivity contribution in [2.24, 2.45) is 0 Å². The van der Waals surface area contributed by atoms with Crippen molar-refractivity contribution in [3.05, 3.63) is 24.5 Å². The summed E-state index contributed by atoms with van der Waals surface area (Å²) in [4.78, 5) is 15.8. The lowest BCUT2D eigenvalue weighted by Gasteiger charge is -2.27. The Balaban J connectivity index is 1.43. The third-order valence-electron chi connectivity index (χ3n) is 5.47. The van der Waals surface area contributed by atoms with E-state index >= 15 is 0 Å². The lowest BCUT2D eigenvalue weighted by atomic mass is 10.2. The molecule has 3 heterocycles. The van der Waals surface area contributed by atoms with E-state index < -0.39 is 0 Å². The second kappa shape index (κ2) is 8.10. The Morgan fingerprint density at radius 2 is 2.04 bits per heavy atom. The van der Waals surface area contributed by atoms with Gasteiger partial charge in [-0.2, -0.15) is 0 Å². The number of nitrogens with one attached hydrogen (secondary N) is 4. The summed E-state index contributed by atoms with van der Waals surface area (Å²) in [6.07, 6.45) is 2.79. The molecule has 0 amide bonds. The fourth-order valence-electron chi connectivity index (χ4n) is 3.89. The second-order valence-corrected chi connectivity index (χ2v) is 7.45. The van der Waals surface area contributed by atoms with Gasteiger partial charge in [0.2, 0.25) is 0 Å². The highest BCUT2D eigenvalue weighted by Gasteiger charge is 2.19. The van der Waals surface area contributed by atoms with Crippen LogP contribution in [0.5, 0.6) is 5.75 Å². The molecule has 1 saturated heterocycles. The van der Waals surface area contributed by atoms with Gasteiger partial charge >= 0.3 is 0 Å². The van der Waals surface area contributed by atoms with Crippen LogP contribution in [0.1, 0.15) is 13.3 Å². The van der Waals surface area contributed by atoms with Crippen molar-refractivity contribution in [2.75, 3.05) is 58.2 Å². The molecule has 1 aromatic carbocycles. The quantitative estimate of drug-likeness (QED) is 0.432. The number of rotatable bonds is 7. The van der Waals surface area contributed by atoms with Crippen molar-refractivity contribution in [3.8, 4) is 5.75 Å². The van der Waals surface area contributed by atoms with E-state index in [4.69, 9.17) is 4.74 Å². The molecule has 27 heavy (non-hydrogen) atoms. The lowest BCUT2D eigenvalue weighted by molar-refractivity contribution is -1.00.